The third-order valence-electron chi connectivity index (χ3n) is 7.38. The van der Waals surface area contributed by atoms with E-state index in [1.807, 2.05) is 31.2 Å². The van der Waals surface area contributed by atoms with Gasteiger partial charge < -0.3 is 14.7 Å². The molecule has 0 N–H and O–H groups in total. The number of rotatable bonds is 3. The van der Waals surface area contributed by atoms with Gasteiger partial charge in [-0.1, -0.05) is 24.3 Å². The lowest BCUT2D eigenvalue weighted by molar-refractivity contribution is -0.143. The van der Waals surface area contributed by atoms with Gasteiger partial charge in [-0.05, 0) is 55.2 Å². The van der Waals surface area contributed by atoms with Crippen molar-refractivity contribution in [3.8, 4) is 0 Å². The average molecular weight is 528 g/mol. The first-order chi connectivity index (χ1) is 17.2. The molecule has 0 aromatic heterocycles. The second-order valence-corrected chi connectivity index (χ2v) is 9.60. The van der Waals surface area contributed by atoms with Crippen molar-refractivity contribution in [1.82, 2.24) is 14.7 Å². The Balaban J connectivity index is 1.69. The summed E-state index contributed by atoms with van der Waals surface area (Å²) in [6.45, 7) is 3.78. The van der Waals surface area contributed by atoms with Crippen molar-refractivity contribution in [1.29, 1.82) is 0 Å². The quantitative estimate of drug-likeness (QED) is 0.447. The fourth-order valence-electron chi connectivity index (χ4n) is 5.26. The molecule has 4 rings (SSSR count). The monoisotopic (exact) mass is 527 g/mol. The van der Waals surface area contributed by atoms with Gasteiger partial charge in [0.2, 0.25) is 5.91 Å². The van der Waals surface area contributed by atoms with Crippen LogP contribution in [0.1, 0.15) is 59.7 Å². The van der Waals surface area contributed by atoms with Crippen molar-refractivity contribution in [2.75, 3.05) is 20.1 Å². The lowest BCUT2D eigenvalue weighted by Crippen LogP contribution is -2.57. The predicted molar refractivity (Wildman–Crippen MR) is 123 cm³/mol. The maximum atomic E-state index is 13.7. The summed E-state index contributed by atoms with van der Waals surface area (Å²) in [4.78, 5) is 30.7. The minimum Gasteiger partial charge on any atom is -0.335 e. The van der Waals surface area contributed by atoms with Crippen LogP contribution in [0.15, 0.2) is 42.5 Å². The topological polar surface area (TPSA) is 43.9 Å². The minimum atomic E-state index is -4.99. The Kier molecular flexibility index (Phi) is 6.94. The van der Waals surface area contributed by atoms with Crippen LogP contribution in [0.3, 0.4) is 0 Å². The van der Waals surface area contributed by atoms with E-state index < -0.39 is 41.6 Å². The van der Waals surface area contributed by atoms with Gasteiger partial charge in [0, 0.05) is 26.6 Å². The zero-order valence-electron chi connectivity index (χ0n) is 20.5. The van der Waals surface area contributed by atoms with E-state index in [1.54, 1.807) is 9.80 Å². The summed E-state index contributed by atoms with van der Waals surface area (Å²) in [5.74, 6) is 0.000974. The van der Waals surface area contributed by atoms with Gasteiger partial charge in [0.1, 0.15) is 0 Å². The molecule has 5 nitrogen and oxygen atoms in total. The maximum Gasteiger partial charge on any atom is 0.416 e. The highest BCUT2D eigenvalue weighted by Gasteiger charge is 2.46. The molecule has 2 fully saturated rings. The number of carbonyl (C=O) groups excluding carboxylic acids is 2. The van der Waals surface area contributed by atoms with Crippen molar-refractivity contribution in [3.63, 3.8) is 0 Å². The molecule has 37 heavy (non-hydrogen) atoms. The van der Waals surface area contributed by atoms with Crippen molar-refractivity contribution < 1.29 is 35.9 Å². The van der Waals surface area contributed by atoms with Crippen LogP contribution in [0.4, 0.5) is 31.1 Å². The Hall–Kier alpha value is -3.24. The van der Waals surface area contributed by atoms with Crippen molar-refractivity contribution in [2.24, 2.45) is 0 Å². The molecule has 2 aliphatic rings. The fraction of sp³-hybridized carbons (Fsp3) is 0.462. The Labute approximate surface area is 210 Å². The van der Waals surface area contributed by atoms with E-state index in [0.29, 0.717) is 31.5 Å². The van der Waals surface area contributed by atoms with E-state index in [2.05, 4.69) is 0 Å². The van der Waals surface area contributed by atoms with Crippen LogP contribution in [0.5, 0.6) is 0 Å². The molecular weight excluding hydrogens is 500 g/mol. The van der Waals surface area contributed by atoms with Crippen LogP contribution >= 0.6 is 0 Å². The molecule has 2 aliphatic heterocycles. The average Bonchev–Trinajstić information content (AvgIpc) is 3.22. The number of nitrogens with zero attached hydrogens (tertiary/aromatic N) is 3. The standard InChI is InChI=1S/C26H27F6N3O2/c1-15-6-4-5-7-20(15)23-21-8-9-22(36)34(21)10-11-35(23)24(37)33(3)16(2)17-12-18(25(27,28)29)14-19(13-17)26(30,31)32/h4-7,12-14,16,21,23H,8-11H2,1-3H3. The summed E-state index contributed by atoms with van der Waals surface area (Å²) in [5.41, 5.74) is -1.38. The summed E-state index contributed by atoms with van der Waals surface area (Å²) in [6.07, 6.45) is -9.08. The van der Waals surface area contributed by atoms with Crippen molar-refractivity contribution in [2.45, 2.75) is 57.2 Å². The highest BCUT2D eigenvalue weighted by atomic mass is 19.4. The summed E-state index contributed by atoms with van der Waals surface area (Å²) >= 11 is 0. The van der Waals surface area contributed by atoms with E-state index in [9.17, 15) is 35.9 Å². The smallest absolute Gasteiger partial charge is 0.335 e. The molecule has 3 atom stereocenters. The number of halogens is 6. The summed E-state index contributed by atoms with van der Waals surface area (Å²) in [5, 5.41) is 0. The molecule has 200 valence electrons. The van der Waals surface area contributed by atoms with Crippen molar-refractivity contribution >= 4 is 11.9 Å². The second kappa shape index (κ2) is 9.57. The van der Waals surface area contributed by atoms with Crippen LogP contribution in [0.2, 0.25) is 0 Å². The van der Waals surface area contributed by atoms with Crippen LogP contribution in [-0.2, 0) is 17.1 Å². The number of hydrogen-bond donors (Lipinski definition) is 0. The Morgan fingerprint density at radius 2 is 1.59 bits per heavy atom. The highest BCUT2D eigenvalue weighted by molar-refractivity contribution is 5.81. The predicted octanol–water partition coefficient (Wildman–Crippen LogP) is 6.19. The number of alkyl halides is 6. The lowest BCUT2D eigenvalue weighted by atomic mass is 9.91. The SMILES string of the molecule is Cc1ccccc1C1C2CCC(=O)N2CCN1C(=O)N(C)C(C)c1cc(C(F)(F)F)cc(C(F)(F)F)c1. The third kappa shape index (κ3) is 5.13. The van der Waals surface area contributed by atoms with Crippen molar-refractivity contribution in [3.05, 3.63) is 70.3 Å². The number of fused-ring (bicyclic) bond motifs is 1. The second-order valence-electron chi connectivity index (χ2n) is 9.60. The molecule has 3 unspecified atom stereocenters. The highest BCUT2D eigenvalue weighted by Crippen LogP contribution is 2.41. The normalized spacial score (nSPS) is 21.2. The summed E-state index contributed by atoms with van der Waals surface area (Å²) < 4.78 is 80.4. The Morgan fingerprint density at radius 3 is 2.16 bits per heavy atom. The fourth-order valence-corrected chi connectivity index (χ4v) is 5.26. The summed E-state index contributed by atoms with van der Waals surface area (Å²) in [7, 11) is 1.36. The molecule has 3 amide bonds. The molecule has 2 aromatic carbocycles. The number of piperazine rings is 1. The zero-order chi connectivity index (χ0) is 27.3. The van der Waals surface area contributed by atoms with E-state index >= 15 is 0 Å². The number of aryl methyl sites for hydroxylation is 1. The van der Waals surface area contributed by atoms with Gasteiger partial charge in [0.05, 0.1) is 29.3 Å². The molecule has 2 heterocycles. The lowest BCUT2D eigenvalue weighted by Gasteiger charge is -2.47. The number of urea groups is 1. The van der Waals surface area contributed by atoms with Gasteiger partial charge in [-0.15, -0.1) is 0 Å². The third-order valence-corrected chi connectivity index (χ3v) is 7.38. The number of carbonyl (C=O) groups is 2. The van der Waals surface area contributed by atoms with Gasteiger partial charge in [-0.25, -0.2) is 4.79 Å². The van der Waals surface area contributed by atoms with Gasteiger partial charge in [-0.3, -0.25) is 4.79 Å². The van der Waals surface area contributed by atoms with Gasteiger partial charge in [0.25, 0.3) is 0 Å². The van der Waals surface area contributed by atoms with Gasteiger partial charge in [0.15, 0.2) is 0 Å². The Morgan fingerprint density at radius 1 is 1.00 bits per heavy atom. The largest absolute Gasteiger partial charge is 0.416 e. The first-order valence-electron chi connectivity index (χ1n) is 11.9. The molecule has 0 radical (unpaired) electrons. The molecule has 2 aromatic rings. The molecule has 0 aliphatic carbocycles. The first-order valence-corrected chi connectivity index (χ1v) is 11.9. The number of amides is 3. The van der Waals surface area contributed by atoms with Gasteiger partial charge in [-0.2, -0.15) is 26.3 Å². The molecule has 11 heteroatoms. The van der Waals surface area contributed by atoms with E-state index in [-0.39, 0.29) is 30.1 Å². The van der Waals surface area contributed by atoms with Crippen LogP contribution in [0, 0.1) is 6.92 Å². The molecule has 0 saturated carbocycles. The van der Waals surface area contributed by atoms with E-state index in [0.717, 1.165) is 16.0 Å². The zero-order valence-corrected chi connectivity index (χ0v) is 20.5. The van der Waals surface area contributed by atoms with Crippen LogP contribution in [0.25, 0.3) is 0 Å². The maximum absolute atomic E-state index is 13.7. The molecule has 0 spiro atoms. The van der Waals surface area contributed by atoms with E-state index in [1.165, 1.54) is 14.0 Å². The van der Waals surface area contributed by atoms with Crippen LogP contribution in [-0.4, -0.2) is 52.8 Å². The minimum absolute atomic E-state index is 0.000974. The molecule has 0 bridgehead atoms. The first kappa shape index (κ1) is 26.8. The summed E-state index contributed by atoms with van der Waals surface area (Å²) in [6, 6.07) is 6.44. The van der Waals surface area contributed by atoms with E-state index in [4.69, 9.17) is 0 Å². The number of benzene rings is 2. The van der Waals surface area contributed by atoms with Gasteiger partial charge >= 0.3 is 18.4 Å². The van der Waals surface area contributed by atoms with Crippen LogP contribution < -0.4 is 0 Å². The molecule has 2 saturated heterocycles. The number of hydrogen-bond acceptors (Lipinski definition) is 2. The molecular formula is C26H27F6N3O2. The Bertz CT molecular complexity index is 1160.